The molecule has 0 N–H and O–H groups in total. The van der Waals surface area contributed by atoms with E-state index in [1.165, 1.54) is 0 Å². The summed E-state index contributed by atoms with van der Waals surface area (Å²) in [4.78, 5) is 14.9. The first kappa shape index (κ1) is 17.0. The molecule has 0 aliphatic carbocycles. The van der Waals surface area contributed by atoms with Gasteiger partial charge in [-0.1, -0.05) is 0 Å². The van der Waals surface area contributed by atoms with E-state index in [2.05, 4.69) is 9.80 Å². The number of rotatable bonds is 6. The minimum atomic E-state index is -0.373. The molecule has 1 fully saturated rings. The van der Waals surface area contributed by atoms with Crippen LogP contribution in [0.3, 0.4) is 0 Å². The molecule has 0 saturated carbocycles. The van der Waals surface area contributed by atoms with E-state index >= 15 is 0 Å². The van der Waals surface area contributed by atoms with Gasteiger partial charge in [-0.3, -0.25) is 10.1 Å². The number of piperazine rings is 1. The summed E-state index contributed by atoms with van der Waals surface area (Å²) in [5.41, 5.74) is 2.31. The number of ether oxygens (including phenoxy) is 2. The summed E-state index contributed by atoms with van der Waals surface area (Å²) in [7, 11) is 1.60. The van der Waals surface area contributed by atoms with E-state index in [4.69, 9.17) is 9.47 Å². The van der Waals surface area contributed by atoms with Gasteiger partial charge in [-0.2, -0.15) is 0 Å². The molecule has 0 bridgehead atoms. The maximum absolute atomic E-state index is 10.7. The van der Waals surface area contributed by atoms with E-state index in [-0.39, 0.29) is 17.4 Å². The molecular formula is C18H21N3O4. The van der Waals surface area contributed by atoms with Crippen molar-refractivity contribution >= 4 is 17.1 Å². The molecule has 0 spiro atoms. The lowest BCUT2D eigenvalue weighted by molar-refractivity contribution is -0.384. The maximum atomic E-state index is 10.7. The fourth-order valence-electron chi connectivity index (χ4n) is 2.89. The third kappa shape index (κ3) is 4.19. The van der Waals surface area contributed by atoms with Gasteiger partial charge >= 0.3 is 0 Å². The minimum Gasteiger partial charge on any atom is -0.468 e. The van der Waals surface area contributed by atoms with Crippen LogP contribution in [0.1, 0.15) is 0 Å². The number of nitro groups is 1. The number of hydrogen-bond acceptors (Lipinski definition) is 6. The van der Waals surface area contributed by atoms with Crippen LogP contribution in [0, 0.1) is 10.1 Å². The van der Waals surface area contributed by atoms with Gasteiger partial charge in [0, 0.05) is 56.8 Å². The molecular weight excluding hydrogens is 322 g/mol. The second-order valence-electron chi connectivity index (χ2n) is 5.79. The van der Waals surface area contributed by atoms with E-state index in [9.17, 15) is 10.1 Å². The van der Waals surface area contributed by atoms with E-state index < -0.39 is 0 Å². The lowest BCUT2D eigenvalue weighted by atomic mass is 10.2. The average molecular weight is 343 g/mol. The topological polar surface area (TPSA) is 68.1 Å². The highest BCUT2D eigenvalue weighted by molar-refractivity contribution is 5.54. The van der Waals surface area contributed by atoms with Gasteiger partial charge in [0.15, 0.2) is 6.79 Å². The molecule has 7 heteroatoms. The van der Waals surface area contributed by atoms with Gasteiger partial charge in [-0.05, 0) is 36.4 Å². The number of benzene rings is 2. The Balaban J connectivity index is 1.57. The monoisotopic (exact) mass is 343 g/mol. The van der Waals surface area contributed by atoms with Gasteiger partial charge in [-0.25, -0.2) is 0 Å². The Labute approximate surface area is 146 Å². The van der Waals surface area contributed by atoms with Gasteiger partial charge in [0.25, 0.3) is 5.69 Å². The summed E-state index contributed by atoms with van der Waals surface area (Å²) in [5.74, 6) is 0.787. The van der Waals surface area contributed by atoms with E-state index in [1.807, 2.05) is 36.4 Å². The molecule has 0 unspecified atom stereocenters. The molecule has 1 aliphatic heterocycles. The highest BCUT2D eigenvalue weighted by atomic mass is 16.7. The van der Waals surface area contributed by atoms with Crippen LogP contribution in [-0.2, 0) is 4.74 Å². The van der Waals surface area contributed by atoms with Crippen molar-refractivity contribution in [1.82, 2.24) is 0 Å². The quantitative estimate of drug-likeness (QED) is 0.456. The molecule has 3 rings (SSSR count). The van der Waals surface area contributed by atoms with Crippen LogP contribution in [0.25, 0.3) is 0 Å². The Morgan fingerprint density at radius 3 is 1.84 bits per heavy atom. The van der Waals surface area contributed by atoms with Crippen LogP contribution in [0.2, 0.25) is 0 Å². The molecule has 25 heavy (non-hydrogen) atoms. The number of non-ortho nitro benzene ring substituents is 1. The van der Waals surface area contributed by atoms with E-state index in [0.29, 0.717) is 0 Å². The summed E-state index contributed by atoms with van der Waals surface area (Å²) < 4.78 is 10.3. The number of nitrogens with zero attached hydrogens (tertiary/aromatic N) is 3. The van der Waals surface area contributed by atoms with Crippen molar-refractivity contribution in [2.75, 3.05) is 49.9 Å². The molecule has 0 amide bonds. The average Bonchev–Trinajstić information content (AvgIpc) is 2.67. The molecule has 1 aliphatic rings. The lowest BCUT2D eigenvalue weighted by Crippen LogP contribution is -2.46. The third-order valence-corrected chi connectivity index (χ3v) is 4.25. The standard InChI is InChI=1S/C18H21N3O4/c1-24-14-25-18-8-6-16(7-9-18)20-12-10-19(11-13-20)15-2-4-17(5-3-15)21(22)23/h2-9H,10-14H2,1H3. The number of nitro benzene ring substituents is 1. The minimum absolute atomic E-state index is 0.123. The highest BCUT2D eigenvalue weighted by Gasteiger charge is 2.18. The molecule has 1 saturated heterocycles. The van der Waals surface area contributed by atoms with Gasteiger partial charge in [0.1, 0.15) is 5.75 Å². The highest BCUT2D eigenvalue weighted by Crippen LogP contribution is 2.24. The molecule has 2 aromatic rings. The molecule has 0 aromatic heterocycles. The first-order chi connectivity index (χ1) is 12.2. The molecule has 1 heterocycles. The second kappa shape index (κ2) is 7.85. The van der Waals surface area contributed by atoms with Crippen molar-refractivity contribution in [2.45, 2.75) is 0 Å². The summed E-state index contributed by atoms with van der Waals surface area (Å²) in [6.07, 6.45) is 0. The lowest BCUT2D eigenvalue weighted by Gasteiger charge is -2.37. The predicted molar refractivity (Wildman–Crippen MR) is 96.5 cm³/mol. The Kier molecular flexibility index (Phi) is 5.35. The Morgan fingerprint density at radius 2 is 1.40 bits per heavy atom. The SMILES string of the molecule is COCOc1ccc(N2CCN(c3ccc([N+](=O)[O-])cc3)CC2)cc1. The summed E-state index contributed by atoms with van der Waals surface area (Å²) >= 11 is 0. The molecule has 132 valence electrons. The Bertz CT molecular complexity index is 695. The summed E-state index contributed by atoms with van der Waals surface area (Å²) in [6, 6.07) is 14.7. The van der Waals surface area contributed by atoms with E-state index in [1.54, 1.807) is 19.2 Å². The molecule has 2 aromatic carbocycles. The van der Waals surface area contributed by atoms with Crippen molar-refractivity contribution in [3.8, 4) is 5.75 Å². The number of hydrogen-bond donors (Lipinski definition) is 0. The van der Waals surface area contributed by atoms with Crippen molar-refractivity contribution in [3.63, 3.8) is 0 Å². The van der Waals surface area contributed by atoms with Crippen molar-refractivity contribution in [2.24, 2.45) is 0 Å². The molecule has 0 radical (unpaired) electrons. The normalized spacial score (nSPS) is 14.4. The van der Waals surface area contributed by atoms with Crippen LogP contribution >= 0.6 is 0 Å². The predicted octanol–water partition coefficient (Wildman–Crippen LogP) is 2.90. The van der Waals surface area contributed by atoms with Crippen LogP contribution < -0.4 is 14.5 Å². The van der Waals surface area contributed by atoms with Crippen LogP contribution in [-0.4, -0.2) is 45.0 Å². The summed E-state index contributed by atoms with van der Waals surface area (Å²) in [6.45, 7) is 3.79. The Morgan fingerprint density at radius 1 is 0.920 bits per heavy atom. The summed E-state index contributed by atoms with van der Waals surface area (Å²) in [5, 5.41) is 10.7. The van der Waals surface area contributed by atoms with Gasteiger partial charge in [0.2, 0.25) is 0 Å². The van der Waals surface area contributed by atoms with Crippen LogP contribution in [0.5, 0.6) is 5.75 Å². The van der Waals surface area contributed by atoms with Crippen LogP contribution in [0.4, 0.5) is 17.1 Å². The van der Waals surface area contributed by atoms with Gasteiger partial charge in [0.05, 0.1) is 4.92 Å². The first-order valence-electron chi connectivity index (χ1n) is 8.13. The van der Waals surface area contributed by atoms with Crippen molar-refractivity contribution < 1.29 is 14.4 Å². The van der Waals surface area contributed by atoms with Crippen molar-refractivity contribution in [1.29, 1.82) is 0 Å². The maximum Gasteiger partial charge on any atom is 0.269 e. The smallest absolute Gasteiger partial charge is 0.269 e. The fraction of sp³-hybridized carbons (Fsp3) is 0.333. The zero-order valence-electron chi connectivity index (χ0n) is 14.1. The van der Waals surface area contributed by atoms with E-state index in [0.717, 1.165) is 43.3 Å². The molecule has 7 nitrogen and oxygen atoms in total. The fourth-order valence-corrected chi connectivity index (χ4v) is 2.89. The van der Waals surface area contributed by atoms with Crippen LogP contribution in [0.15, 0.2) is 48.5 Å². The Hall–Kier alpha value is -2.80. The number of methoxy groups -OCH3 is 1. The molecule has 0 atom stereocenters. The van der Waals surface area contributed by atoms with Gasteiger partial charge in [-0.15, -0.1) is 0 Å². The second-order valence-corrected chi connectivity index (χ2v) is 5.79. The third-order valence-electron chi connectivity index (χ3n) is 4.25. The zero-order chi connectivity index (χ0) is 17.6. The van der Waals surface area contributed by atoms with Crippen molar-refractivity contribution in [3.05, 3.63) is 58.6 Å². The zero-order valence-corrected chi connectivity index (χ0v) is 14.1. The first-order valence-corrected chi connectivity index (χ1v) is 8.13. The largest absolute Gasteiger partial charge is 0.468 e. The number of anilines is 2. The van der Waals surface area contributed by atoms with Gasteiger partial charge < -0.3 is 19.3 Å².